The third-order valence-electron chi connectivity index (χ3n) is 2.67. The van der Waals surface area contributed by atoms with E-state index in [1.54, 1.807) is 20.8 Å². The largest absolute Gasteiger partial charge is 0.491 e. The van der Waals surface area contributed by atoms with Gasteiger partial charge in [-0.3, -0.25) is 4.79 Å². The first kappa shape index (κ1) is 16.7. The summed E-state index contributed by atoms with van der Waals surface area (Å²) >= 11 is 0. The van der Waals surface area contributed by atoms with Gasteiger partial charge in [0.25, 0.3) is 0 Å². The molecule has 0 aromatic heterocycles. The van der Waals surface area contributed by atoms with E-state index in [-0.39, 0.29) is 17.5 Å². The number of anilines is 1. The van der Waals surface area contributed by atoms with E-state index < -0.39 is 24.4 Å². The van der Waals surface area contributed by atoms with E-state index in [1.165, 1.54) is 12.1 Å². The first-order chi connectivity index (χ1) is 9.85. The number of urea groups is 1. The fraction of sp³-hybridized carbons (Fsp3) is 0.429. The van der Waals surface area contributed by atoms with Crippen molar-refractivity contribution in [2.75, 3.05) is 18.5 Å². The summed E-state index contributed by atoms with van der Waals surface area (Å²) in [6.07, 6.45) is 0. The van der Waals surface area contributed by atoms with Crippen molar-refractivity contribution < 1.29 is 23.8 Å². The smallest absolute Gasteiger partial charge is 0.323 e. The molecule has 0 aliphatic rings. The summed E-state index contributed by atoms with van der Waals surface area (Å²) < 4.78 is 18.7. The van der Waals surface area contributed by atoms with Crippen molar-refractivity contribution >= 4 is 17.7 Å². The van der Waals surface area contributed by atoms with Gasteiger partial charge in [0.2, 0.25) is 0 Å². The maximum absolute atomic E-state index is 13.7. The first-order valence-corrected chi connectivity index (χ1v) is 6.57. The number of carbonyl (C=O) groups is 2. The normalized spacial score (nSPS) is 10.3. The van der Waals surface area contributed by atoms with E-state index in [1.807, 2.05) is 0 Å². The van der Waals surface area contributed by atoms with Gasteiger partial charge in [-0.2, -0.15) is 0 Å². The number of carboxylic acids is 1. The van der Waals surface area contributed by atoms with Crippen molar-refractivity contribution in [3.8, 4) is 5.75 Å². The molecule has 0 atom stereocenters. The fourth-order valence-corrected chi connectivity index (χ4v) is 1.68. The predicted octanol–water partition coefficient (Wildman–Crippen LogP) is 2.55. The molecule has 0 aliphatic carbocycles. The van der Waals surface area contributed by atoms with Crippen LogP contribution in [0.15, 0.2) is 18.2 Å². The highest BCUT2D eigenvalue weighted by Crippen LogP contribution is 2.21. The van der Waals surface area contributed by atoms with Crippen LogP contribution in [-0.2, 0) is 4.79 Å². The zero-order chi connectivity index (χ0) is 16.0. The van der Waals surface area contributed by atoms with Crippen molar-refractivity contribution in [3.63, 3.8) is 0 Å². The Morgan fingerprint density at radius 1 is 1.43 bits per heavy atom. The molecule has 0 unspecified atom stereocenters. The maximum Gasteiger partial charge on any atom is 0.323 e. The average Bonchev–Trinajstić information content (AvgIpc) is 2.38. The van der Waals surface area contributed by atoms with Gasteiger partial charge in [0.05, 0.1) is 6.61 Å². The lowest BCUT2D eigenvalue weighted by molar-refractivity contribution is -0.137. The number of rotatable bonds is 6. The number of carbonyl (C=O) groups excluding carboxylic acids is 1. The minimum atomic E-state index is -1.11. The minimum absolute atomic E-state index is 0.0988. The summed E-state index contributed by atoms with van der Waals surface area (Å²) in [5.41, 5.74) is 0.233. The third-order valence-corrected chi connectivity index (χ3v) is 2.67. The lowest BCUT2D eigenvalue weighted by Gasteiger charge is -2.25. The van der Waals surface area contributed by atoms with Crippen LogP contribution < -0.4 is 10.1 Å². The molecule has 0 saturated heterocycles. The van der Waals surface area contributed by atoms with Crippen molar-refractivity contribution in [1.82, 2.24) is 4.90 Å². The second-order valence-corrected chi connectivity index (χ2v) is 4.62. The van der Waals surface area contributed by atoms with Crippen LogP contribution in [0, 0.1) is 5.82 Å². The highest BCUT2D eigenvalue weighted by molar-refractivity contribution is 5.91. The summed E-state index contributed by atoms with van der Waals surface area (Å²) in [4.78, 5) is 23.9. The molecule has 2 N–H and O–H groups in total. The number of carboxylic acid groups (broad SMARTS) is 1. The number of nitrogens with one attached hydrogen (secondary N) is 1. The van der Waals surface area contributed by atoms with E-state index in [2.05, 4.69) is 5.32 Å². The molecule has 21 heavy (non-hydrogen) atoms. The van der Waals surface area contributed by atoms with E-state index in [0.29, 0.717) is 6.61 Å². The Labute approximate surface area is 122 Å². The molecular weight excluding hydrogens is 279 g/mol. The Kier molecular flexibility index (Phi) is 5.95. The maximum atomic E-state index is 13.7. The van der Waals surface area contributed by atoms with Crippen LogP contribution in [0.4, 0.5) is 14.9 Å². The number of halogens is 1. The molecule has 1 rings (SSSR count). The summed E-state index contributed by atoms with van der Waals surface area (Å²) in [5.74, 6) is -1.61. The van der Waals surface area contributed by atoms with Gasteiger partial charge < -0.3 is 20.1 Å². The molecule has 0 fully saturated rings. The molecule has 116 valence electrons. The Balaban J connectivity index is 2.81. The number of aliphatic carboxylic acids is 1. The average molecular weight is 298 g/mol. The van der Waals surface area contributed by atoms with Crippen molar-refractivity contribution in [3.05, 3.63) is 24.0 Å². The molecule has 2 amide bonds. The van der Waals surface area contributed by atoms with E-state index in [4.69, 9.17) is 9.84 Å². The Bertz CT molecular complexity index is 520. The zero-order valence-corrected chi connectivity index (χ0v) is 12.2. The molecule has 1 aromatic rings. The highest BCUT2D eigenvalue weighted by atomic mass is 19.1. The Morgan fingerprint density at radius 2 is 2.10 bits per heavy atom. The molecule has 0 heterocycles. The van der Waals surface area contributed by atoms with Crippen molar-refractivity contribution in [2.45, 2.75) is 26.8 Å². The molecule has 0 saturated carbocycles. The SMILES string of the molecule is CCOc1ccc(NC(=O)N(CC(=O)O)C(C)C)cc1F. The second-order valence-electron chi connectivity index (χ2n) is 4.62. The van der Waals surface area contributed by atoms with Crippen molar-refractivity contribution in [1.29, 1.82) is 0 Å². The van der Waals surface area contributed by atoms with Gasteiger partial charge in [0.15, 0.2) is 11.6 Å². The third kappa shape index (κ3) is 4.94. The minimum Gasteiger partial charge on any atom is -0.491 e. The summed E-state index contributed by atoms with van der Waals surface area (Å²) in [5, 5.41) is 11.3. The van der Waals surface area contributed by atoms with Gasteiger partial charge in [0, 0.05) is 17.8 Å². The van der Waals surface area contributed by atoms with Gasteiger partial charge in [-0.25, -0.2) is 9.18 Å². The molecule has 0 aliphatic heterocycles. The van der Waals surface area contributed by atoms with Gasteiger partial charge in [-0.1, -0.05) is 0 Å². The molecule has 6 nitrogen and oxygen atoms in total. The standard InChI is InChI=1S/C14H19FN2O4/c1-4-21-12-6-5-10(7-11(12)15)16-14(20)17(9(2)3)8-13(18)19/h5-7,9H,4,8H2,1-3H3,(H,16,20)(H,18,19). The summed E-state index contributed by atoms with van der Waals surface area (Å²) in [7, 11) is 0. The fourth-order valence-electron chi connectivity index (χ4n) is 1.68. The highest BCUT2D eigenvalue weighted by Gasteiger charge is 2.20. The van der Waals surface area contributed by atoms with Gasteiger partial charge in [0.1, 0.15) is 6.54 Å². The number of hydrogen-bond acceptors (Lipinski definition) is 3. The van der Waals surface area contributed by atoms with E-state index in [0.717, 1.165) is 11.0 Å². The summed E-state index contributed by atoms with van der Waals surface area (Å²) in [6.45, 7) is 5.04. The van der Waals surface area contributed by atoms with Crippen LogP contribution in [0.5, 0.6) is 5.75 Å². The first-order valence-electron chi connectivity index (χ1n) is 6.57. The molecule has 0 radical (unpaired) electrons. The van der Waals surface area contributed by atoms with Crippen LogP contribution in [0.3, 0.4) is 0 Å². The molecule has 0 bridgehead atoms. The van der Waals surface area contributed by atoms with Crippen LogP contribution in [0.1, 0.15) is 20.8 Å². The van der Waals surface area contributed by atoms with Crippen LogP contribution >= 0.6 is 0 Å². The second kappa shape index (κ2) is 7.47. The monoisotopic (exact) mass is 298 g/mol. The number of amides is 2. The quantitative estimate of drug-likeness (QED) is 0.846. The number of hydrogen-bond donors (Lipinski definition) is 2. The van der Waals surface area contributed by atoms with Gasteiger partial charge in [-0.05, 0) is 32.9 Å². The number of ether oxygens (including phenoxy) is 1. The van der Waals surface area contributed by atoms with Crippen LogP contribution in [0.25, 0.3) is 0 Å². The lowest BCUT2D eigenvalue weighted by atomic mass is 10.3. The van der Waals surface area contributed by atoms with E-state index in [9.17, 15) is 14.0 Å². The topological polar surface area (TPSA) is 78.9 Å². The Morgan fingerprint density at radius 3 is 2.57 bits per heavy atom. The number of benzene rings is 1. The molecule has 1 aromatic carbocycles. The van der Waals surface area contributed by atoms with Gasteiger partial charge in [-0.15, -0.1) is 0 Å². The lowest BCUT2D eigenvalue weighted by Crippen LogP contribution is -2.43. The van der Waals surface area contributed by atoms with E-state index >= 15 is 0 Å². The number of nitrogens with zero attached hydrogens (tertiary/aromatic N) is 1. The Hall–Kier alpha value is -2.31. The van der Waals surface area contributed by atoms with Crippen LogP contribution in [0.2, 0.25) is 0 Å². The van der Waals surface area contributed by atoms with Crippen molar-refractivity contribution in [2.24, 2.45) is 0 Å². The summed E-state index contributed by atoms with van der Waals surface area (Å²) in [6, 6.07) is 3.13. The molecule has 7 heteroatoms. The molecule has 0 spiro atoms. The zero-order valence-electron chi connectivity index (χ0n) is 12.2. The predicted molar refractivity (Wildman–Crippen MR) is 76.1 cm³/mol. The molecular formula is C14H19FN2O4. The van der Waals surface area contributed by atoms with Crippen LogP contribution in [-0.4, -0.2) is 41.2 Å². The van der Waals surface area contributed by atoms with Gasteiger partial charge >= 0.3 is 12.0 Å².